The molecule has 0 radical (unpaired) electrons. The lowest BCUT2D eigenvalue weighted by molar-refractivity contribution is -0.170. The van der Waals surface area contributed by atoms with Crippen molar-refractivity contribution in [1.82, 2.24) is 10.6 Å². The first-order valence-corrected chi connectivity index (χ1v) is 7.14. The minimum atomic E-state index is -1.49. The molecule has 3 amide bonds. The average molecular weight is 300 g/mol. The molecule has 0 unspecified atom stereocenters. The van der Waals surface area contributed by atoms with E-state index in [1.807, 2.05) is 0 Å². The maximum absolute atomic E-state index is 11.8. The topological polar surface area (TPSA) is 105 Å². The Labute approximate surface area is 124 Å². The maximum atomic E-state index is 11.8. The van der Waals surface area contributed by atoms with Crippen LogP contribution in [0.2, 0.25) is 0 Å². The predicted molar refractivity (Wildman–Crippen MR) is 75.4 cm³/mol. The number of aliphatic hydroxyl groups is 1. The maximum Gasteiger partial charge on any atom is 0.338 e. The van der Waals surface area contributed by atoms with Gasteiger partial charge >= 0.3 is 12.0 Å². The number of esters is 1. The molecule has 1 rings (SSSR count). The Bertz CT molecular complexity index is 408. The molecular weight excluding hydrogens is 276 g/mol. The predicted octanol–water partition coefficient (Wildman–Crippen LogP) is 0.849. The van der Waals surface area contributed by atoms with Gasteiger partial charge < -0.3 is 15.2 Å². The van der Waals surface area contributed by atoms with E-state index in [1.54, 1.807) is 20.8 Å². The Morgan fingerprint density at radius 3 is 2.24 bits per heavy atom. The fourth-order valence-electron chi connectivity index (χ4n) is 2.14. The first-order valence-electron chi connectivity index (χ1n) is 7.14. The third kappa shape index (κ3) is 6.12. The largest absolute Gasteiger partial charge is 0.453 e. The second-order valence-corrected chi connectivity index (χ2v) is 6.42. The number of hydrogen-bond donors (Lipinski definition) is 3. The van der Waals surface area contributed by atoms with Gasteiger partial charge in [-0.15, -0.1) is 0 Å². The summed E-state index contributed by atoms with van der Waals surface area (Å²) in [6.07, 6.45) is 3.18. The Morgan fingerprint density at radius 1 is 1.14 bits per heavy atom. The van der Waals surface area contributed by atoms with Crippen LogP contribution in [0, 0.1) is 0 Å². The molecule has 1 aliphatic carbocycles. The Kier molecular flexibility index (Phi) is 5.71. The molecule has 21 heavy (non-hydrogen) atoms. The summed E-state index contributed by atoms with van der Waals surface area (Å²) < 4.78 is 4.80. The van der Waals surface area contributed by atoms with Crippen molar-refractivity contribution in [3.63, 3.8) is 0 Å². The third-order valence-corrected chi connectivity index (χ3v) is 3.14. The van der Waals surface area contributed by atoms with E-state index >= 15 is 0 Å². The minimum Gasteiger partial charge on any atom is -0.453 e. The zero-order valence-electron chi connectivity index (χ0n) is 12.8. The van der Waals surface area contributed by atoms with E-state index in [4.69, 9.17) is 4.74 Å². The summed E-state index contributed by atoms with van der Waals surface area (Å²) in [4.78, 5) is 34.7. The monoisotopic (exact) mass is 300 g/mol. The first-order chi connectivity index (χ1) is 9.62. The molecule has 3 N–H and O–H groups in total. The molecule has 0 aliphatic heterocycles. The molecule has 0 heterocycles. The number of imide groups is 1. The van der Waals surface area contributed by atoms with Crippen LogP contribution in [0.15, 0.2) is 0 Å². The highest BCUT2D eigenvalue weighted by molar-refractivity contribution is 5.96. The van der Waals surface area contributed by atoms with Crippen LogP contribution in [0.3, 0.4) is 0 Å². The van der Waals surface area contributed by atoms with Crippen molar-refractivity contribution in [2.24, 2.45) is 0 Å². The standard InChI is InChI=1S/C14H24N2O5/c1-13(2,3)16-12(19)15-10(17)9-21-11(18)14(20)7-5-4-6-8-14/h20H,4-9H2,1-3H3,(H2,15,16,17,19). The van der Waals surface area contributed by atoms with E-state index in [-0.39, 0.29) is 0 Å². The quantitative estimate of drug-likeness (QED) is 0.670. The van der Waals surface area contributed by atoms with Gasteiger partial charge in [0.2, 0.25) is 0 Å². The average Bonchev–Trinajstić information content (AvgIpc) is 2.34. The highest BCUT2D eigenvalue weighted by atomic mass is 16.6. The number of hydrogen-bond acceptors (Lipinski definition) is 5. The van der Waals surface area contributed by atoms with Crippen molar-refractivity contribution in [2.45, 2.75) is 64.0 Å². The van der Waals surface area contributed by atoms with Crippen molar-refractivity contribution >= 4 is 17.9 Å². The van der Waals surface area contributed by atoms with Gasteiger partial charge in [0.25, 0.3) is 5.91 Å². The molecule has 1 fully saturated rings. The number of amides is 3. The van der Waals surface area contributed by atoms with Crippen LogP contribution in [-0.4, -0.2) is 40.8 Å². The van der Waals surface area contributed by atoms with E-state index in [9.17, 15) is 19.5 Å². The van der Waals surface area contributed by atoms with Gasteiger partial charge in [-0.05, 0) is 46.5 Å². The van der Waals surface area contributed by atoms with Crippen LogP contribution in [-0.2, 0) is 14.3 Å². The summed E-state index contributed by atoms with van der Waals surface area (Å²) in [5.74, 6) is -1.53. The summed E-state index contributed by atoms with van der Waals surface area (Å²) in [5, 5.41) is 14.7. The number of rotatable bonds is 3. The Morgan fingerprint density at radius 2 is 1.71 bits per heavy atom. The van der Waals surface area contributed by atoms with Crippen LogP contribution in [0.4, 0.5) is 4.79 Å². The molecule has 0 spiro atoms. The molecule has 7 nitrogen and oxygen atoms in total. The molecule has 0 aromatic rings. The molecule has 0 saturated heterocycles. The summed E-state index contributed by atoms with van der Waals surface area (Å²) in [6, 6.07) is -0.653. The second kappa shape index (κ2) is 6.89. The lowest BCUT2D eigenvalue weighted by Crippen LogP contribution is -2.49. The minimum absolute atomic E-state index is 0.345. The lowest BCUT2D eigenvalue weighted by atomic mass is 9.85. The zero-order chi connectivity index (χ0) is 16.1. The smallest absolute Gasteiger partial charge is 0.338 e. The number of ether oxygens (including phenoxy) is 1. The number of carbonyl (C=O) groups is 3. The van der Waals surface area contributed by atoms with Crippen LogP contribution in [0.5, 0.6) is 0 Å². The van der Waals surface area contributed by atoms with Crippen molar-refractivity contribution in [1.29, 1.82) is 0 Å². The van der Waals surface area contributed by atoms with Crippen LogP contribution >= 0.6 is 0 Å². The van der Waals surface area contributed by atoms with E-state index in [0.29, 0.717) is 12.8 Å². The van der Waals surface area contributed by atoms with Crippen molar-refractivity contribution in [3.8, 4) is 0 Å². The van der Waals surface area contributed by atoms with Gasteiger partial charge in [0.15, 0.2) is 12.2 Å². The third-order valence-electron chi connectivity index (χ3n) is 3.14. The summed E-state index contributed by atoms with van der Waals surface area (Å²) >= 11 is 0. The van der Waals surface area contributed by atoms with E-state index in [0.717, 1.165) is 19.3 Å². The number of nitrogens with one attached hydrogen (secondary N) is 2. The lowest BCUT2D eigenvalue weighted by Gasteiger charge is -2.29. The van der Waals surface area contributed by atoms with Gasteiger partial charge in [0, 0.05) is 5.54 Å². The number of carbonyl (C=O) groups excluding carboxylic acids is 3. The summed E-state index contributed by atoms with van der Waals surface area (Å²) in [7, 11) is 0. The highest BCUT2D eigenvalue weighted by Crippen LogP contribution is 2.28. The molecular formula is C14H24N2O5. The second-order valence-electron chi connectivity index (χ2n) is 6.42. The van der Waals surface area contributed by atoms with Gasteiger partial charge in [-0.3, -0.25) is 10.1 Å². The summed E-state index contributed by atoms with van der Waals surface area (Å²) in [5.41, 5.74) is -1.97. The van der Waals surface area contributed by atoms with E-state index < -0.39 is 35.7 Å². The molecule has 0 atom stereocenters. The van der Waals surface area contributed by atoms with Crippen LogP contribution in [0.1, 0.15) is 52.9 Å². The normalized spacial score (nSPS) is 17.7. The molecule has 0 aromatic carbocycles. The molecule has 1 aliphatic rings. The van der Waals surface area contributed by atoms with E-state index in [1.165, 1.54) is 0 Å². The van der Waals surface area contributed by atoms with Gasteiger partial charge in [-0.25, -0.2) is 9.59 Å². The molecule has 0 aromatic heterocycles. The highest BCUT2D eigenvalue weighted by Gasteiger charge is 2.38. The van der Waals surface area contributed by atoms with Crippen molar-refractivity contribution in [3.05, 3.63) is 0 Å². The van der Waals surface area contributed by atoms with Crippen LogP contribution in [0.25, 0.3) is 0 Å². The fourth-order valence-corrected chi connectivity index (χ4v) is 2.14. The van der Waals surface area contributed by atoms with Gasteiger partial charge in [-0.2, -0.15) is 0 Å². The Hall–Kier alpha value is -1.63. The fraction of sp³-hybridized carbons (Fsp3) is 0.786. The first kappa shape index (κ1) is 17.4. The molecule has 1 saturated carbocycles. The summed E-state index contributed by atoms with van der Waals surface area (Å²) in [6.45, 7) is 4.74. The number of urea groups is 1. The van der Waals surface area contributed by atoms with Gasteiger partial charge in [-0.1, -0.05) is 6.42 Å². The SMILES string of the molecule is CC(C)(C)NC(=O)NC(=O)COC(=O)C1(O)CCCCC1. The van der Waals surface area contributed by atoms with Gasteiger partial charge in [0.05, 0.1) is 0 Å². The van der Waals surface area contributed by atoms with Crippen molar-refractivity contribution in [2.75, 3.05) is 6.61 Å². The molecule has 120 valence electrons. The van der Waals surface area contributed by atoms with E-state index in [2.05, 4.69) is 10.6 Å². The van der Waals surface area contributed by atoms with Crippen LogP contribution < -0.4 is 10.6 Å². The zero-order valence-corrected chi connectivity index (χ0v) is 12.8. The molecule has 0 bridgehead atoms. The molecule has 7 heteroatoms. The van der Waals surface area contributed by atoms with Gasteiger partial charge in [0.1, 0.15) is 0 Å². The Balaban J connectivity index is 2.35. The van der Waals surface area contributed by atoms with Crippen molar-refractivity contribution < 1.29 is 24.2 Å².